The summed E-state index contributed by atoms with van der Waals surface area (Å²) in [6, 6.07) is 0. The van der Waals surface area contributed by atoms with E-state index < -0.39 is 0 Å². The van der Waals surface area contributed by atoms with Gasteiger partial charge in [-0.3, -0.25) is 0 Å². The molecule has 0 aliphatic carbocycles. The van der Waals surface area contributed by atoms with Crippen molar-refractivity contribution in [3.05, 3.63) is 34.3 Å². The molecule has 3 heteroatoms. The van der Waals surface area contributed by atoms with Crippen molar-refractivity contribution < 1.29 is 0 Å². The fraction of sp³-hybridized carbons (Fsp3) is 0. The quantitative estimate of drug-likeness (QED) is 0.572. The van der Waals surface area contributed by atoms with Crippen molar-refractivity contribution >= 4 is 37.6 Å². The molecule has 0 saturated heterocycles. The molecule has 0 N–H and O–H groups in total. The summed E-state index contributed by atoms with van der Waals surface area (Å²) < 4.78 is 0. The Morgan fingerprint density at radius 1 is 0.667 bits per heavy atom. The second kappa shape index (κ2) is 5.55. The van der Waals surface area contributed by atoms with Crippen LogP contribution < -0.4 is 0 Å². The van der Waals surface area contributed by atoms with E-state index in [-0.39, 0.29) is 0 Å². The minimum absolute atomic E-state index is 0.825. The molecule has 0 nitrogen and oxygen atoms in total. The van der Waals surface area contributed by atoms with Crippen molar-refractivity contribution in [1.82, 2.24) is 0 Å². The first kappa shape index (κ1) is 7.88. The third-order valence-electron chi connectivity index (χ3n) is 0.680. The molecule has 48 valence electrons. The zero-order chi connectivity index (χ0) is 6.36. The van der Waals surface area contributed by atoms with Gasteiger partial charge < -0.3 is 0 Å². The molecule has 0 bridgehead atoms. The monoisotopic (exact) mass is 318 g/mol. The SMILES string of the molecule is C1=C\[Se][Se][Se]/C=C/C=C/1. The van der Waals surface area contributed by atoms with Gasteiger partial charge in [0.25, 0.3) is 0 Å². The summed E-state index contributed by atoms with van der Waals surface area (Å²) in [5, 5.41) is 0. The zero-order valence-electron chi connectivity index (χ0n) is 4.69. The fourth-order valence-electron chi connectivity index (χ4n) is 0.351. The van der Waals surface area contributed by atoms with E-state index in [2.05, 4.69) is 34.3 Å². The van der Waals surface area contributed by atoms with Crippen molar-refractivity contribution in [2.45, 2.75) is 0 Å². The summed E-state index contributed by atoms with van der Waals surface area (Å²) in [6.07, 6.45) is 8.53. The summed E-state index contributed by atoms with van der Waals surface area (Å²) in [5.41, 5.74) is 0. The maximum absolute atomic E-state index is 2.32. The van der Waals surface area contributed by atoms with Gasteiger partial charge in [-0.1, -0.05) is 0 Å². The van der Waals surface area contributed by atoms with Gasteiger partial charge in [-0.05, 0) is 0 Å². The van der Waals surface area contributed by atoms with Gasteiger partial charge in [0.05, 0.1) is 0 Å². The molecule has 0 amide bonds. The molecule has 0 aromatic rings. The Labute approximate surface area is 71.4 Å². The normalized spacial score (nSPS) is 29.3. The standard InChI is InChI=1S/C6H6Se3/c1-2-4-6-8-9-7-5-3-1/h1-6H/b2-1+,5-3-,6-4+. The topological polar surface area (TPSA) is 0 Å². The molecule has 0 aromatic carbocycles. The molecule has 0 atom stereocenters. The molecule has 0 spiro atoms. The molecule has 0 saturated carbocycles. The van der Waals surface area contributed by atoms with Gasteiger partial charge in [-0.25, -0.2) is 0 Å². The van der Waals surface area contributed by atoms with E-state index in [9.17, 15) is 0 Å². The van der Waals surface area contributed by atoms with Crippen LogP contribution in [0.3, 0.4) is 0 Å². The van der Waals surface area contributed by atoms with Crippen molar-refractivity contribution in [3.63, 3.8) is 0 Å². The number of hydrogen-bond acceptors (Lipinski definition) is 0. The summed E-state index contributed by atoms with van der Waals surface area (Å²) in [6.45, 7) is 0. The first-order chi connectivity index (χ1) is 4.50. The van der Waals surface area contributed by atoms with Crippen LogP contribution in [-0.4, -0.2) is 37.6 Å². The van der Waals surface area contributed by atoms with Gasteiger partial charge in [0.1, 0.15) is 0 Å². The van der Waals surface area contributed by atoms with E-state index in [0.29, 0.717) is 0 Å². The van der Waals surface area contributed by atoms with Crippen molar-refractivity contribution in [2.24, 2.45) is 0 Å². The Bertz CT molecular complexity index is 130. The molecule has 0 radical (unpaired) electrons. The van der Waals surface area contributed by atoms with Crippen LogP contribution in [0.4, 0.5) is 0 Å². The Balaban J connectivity index is 2.45. The second-order valence-corrected chi connectivity index (χ2v) is 16.9. The number of rotatable bonds is 0. The Morgan fingerprint density at radius 2 is 1.22 bits per heavy atom. The van der Waals surface area contributed by atoms with Gasteiger partial charge >= 0.3 is 71.8 Å². The van der Waals surface area contributed by atoms with E-state index in [1.807, 2.05) is 0 Å². The fourth-order valence-corrected chi connectivity index (χ4v) is 11.9. The van der Waals surface area contributed by atoms with Crippen LogP contribution in [0.15, 0.2) is 34.3 Å². The van der Waals surface area contributed by atoms with Gasteiger partial charge in [0.2, 0.25) is 0 Å². The van der Waals surface area contributed by atoms with Crippen LogP contribution in [0, 0.1) is 0 Å². The first-order valence-corrected chi connectivity index (χ1v) is 13.1. The van der Waals surface area contributed by atoms with Crippen LogP contribution in [0.25, 0.3) is 0 Å². The van der Waals surface area contributed by atoms with Gasteiger partial charge in [-0.15, -0.1) is 0 Å². The molecule has 1 heterocycles. The van der Waals surface area contributed by atoms with E-state index in [1.165, 1.54) is 0 Å². The van der Waals surface area contributed by atoms with Crippen molar-refractivity contribution in [2.75, 3.05) is 0 Å². The Morgan fingerprint density at radius 3 is 1.78 bits per heavy atom. The summed E-state index contributed by atoms with van der Waals surface area (Å²) >= 11 is 2.58. The molecular weight excluding hydrogens is 309 g/mol. The van der Waals surface area contributed by atoms with Gasteiger partial charge in [0, 0.05) is 0 Å². The molecule has 0 unspecified atom stereocenters. The summed E-state index contributed by atoms with van der Waals surface area (Å²) in [4.78, 5) is 4.64. The van der Waals surface area contributed by atoms with E-state index in [1.54, 1.807) is 0 Å². The van der Waals surface area contributed by atoms with Crippen LogP contribution in [0.1, 0.15) is 0 Å². The van der Waals surface area contributed by atoms with Gasteiger partial charge in [0.15, 0.2) is 0 Å². The molecule has 1 aliphatic heterocycles. The third kappa shape index (κ3) is 4.22. The van der Waals surface area contributed by atoms with E-state index >= 15 is 0 Å². The Hall–Kier alpha value is 0.778. The van der Waals surface area contributed by atoms with Crippen molar-refractivity contribution in [1.29, 1.82) is 0 Å². The van der Waals surface area contributed by atoms with Crippen LogP contribution in [0.2, 0.25) is 0 Å². The second-order valence-electron chi connectivity index (χ2n) is 1.30. The maximum atomic E-state index is 2.32. The number of hydrogen-bond donors (Lipinski definition) is 0. The molecule has 1 rings (SSSR count). The summed E-state index contributed by atoms with van der Waals surface area (Å²) in [7, 11) is 0. The molecule has 0 fully saturated rings. The minimum atomic E-state index is 0.825. The van der Waals surface area contributed by atoms with Crippen molar-refractivity contribution in [3.8, 4) is 0 Å². The molecule has 9 heavy (non-hydrogen) atoms. The summed E-state index contributed by atoms with van der Waals surface area (Å²) in [5.74, 6) is 0. The average molecular weight is 315 g/mol. The predicted molar refractivity (Wildman–Crippen MR) is 44.7 cm³/mol. The first-order valence-electron chi connectivity index (χ1n) is 2.47. The van der Waals surface area contributed by atoms with Crippen LogP contribution in [-0.2, 0) is 0 Å². The predicted octanol–water partition coefficient (Wildman–Crippen LogP) is 0.526. The van der Waals surface area contributed by atoms with Gasteiger partial charge in [-0.2, -0.15) is 0 Å². The molecule has 1 aliphatic rings. The van der Waals surface area contributed by atoms with E-state index in [0.717, 1.165) is 37.6 Å². The average Bonchev–Trinajstić information content (AvgIpc) is 2.00. The van der Waals surface area contributed by atoms with Crippen LogP contribution in [0.5, 0.6) is 0 Å². The zero-order valence-corrected chi connectivity index (χ0v) is 9.83. The third-order valence-corrected chi connectivity index (χ3v) is 15.2. The Kier molecular flexibility index (Phi) is 4.86. The van der Waals surface area contributed by atoms with E-state index in [4.69, 9.17) is 0 Å². The molecule has 0 aromatic heterocycles. The number of allylic oxidation sites excluding steroid dienone is 4. The van der Waals surface area contributed by atoms with Crippen LogP contribution >= 0.6 is 0 Å². The molecular formula is C6H6Se3.